The van der Waals surface area contributed by atoms with Gasteiger partial charge in [0, 0.05) is 38.1 Å². The fraction of sp³-hybridized carbons (Fsp3) is 0.667. The van der Waals surface area contributed by atoms with Crippen molar-refractivity contribution >= 4 is 24.0 Å². The van der Waals surface area contributed by atoms with Crippen molar-refractivity contribution < 1.29 is 28.7 Å². The van der Waals surface area contributed by atoms with E-state index in [0.717, 1.165) is 24.8 Å². The number of carbonyl (C=O) groups is 4. The predicted molar refractivity (Wildman–Crippen MR) is 153 cm³/mol. The molecule has 1 aromatic rings. The van der Waals surface area contributed by atoms with Gasteiger partial charge in [0.25, 0.3) is 0 Å². The minimum atomic E-state index is -0.824. The third-order valence-corrected chi connectivity index (χ3v) is 6.60. The van der Waals surface area contributed by atoms with Crippen molar-refractivity contribution in [1.82, 2.24) is 15.5 Å². The number of methoxy groups -OCH3 is 2. The maximum absolute atomic E-state index is 13.0. The van der Waals surface area contributed by atoms with Crippen LogP contribution in [-0.4, -0.2) is 62.3 Å². The van der Waals surface area contributed by atoms with Crippen molar-refractivity contribution in [2.45, 2.75) is 104 Å². The van der Waals surface area contributed by atoms with Crippen LogP contribution in [-0.2, 0) is 25.7 Å². The van der Waals surface area contributed by atoms with Gasteiger partial charge in [-0.2, -0.15) is 0 Å². The Morgan fingerprint density at radius 2 is 1.67 bits per heavy atom. The van der Waals surface area contributed by atoms with Crippen LogP contribution >= 0.6 is 0 Å². The molecule has 0 saturated carbocycles. The molecule has 0 heterocycles. The Morgan fingerprint density at radius 1 is 0.974 bits per heavy atom. The number of benzene rings is 1. The molecule has 0 saturated heterocycles. The predicted octanol–water partition coefficient (Wildman–Crippen LogP) is 4.41. The zero-order valence-corrected chi connectivity index (χ0v) is 24.7. The van der Waals surface area contributed by atoms with Gasteiger partial charge in [-0.05, 0) is 37.3 Å². The van der Waals surface area contributed by atoms with Crippen molar-refractivity contribution in [3.05, 3.63) is 23.8 Å². The molecule has 0 spiro atoms. The summed E-state index contributed by atoms with van der Waals surface area (Å²) in [6.45, 7) is 6.44. The highest BCUT2D eigenvalue weighted by Gasteiger charge is 2.25. The summed E-state index contributed by atoms with van der Waals surface area (Å²) in [4.78, 5) is 51.5. The van der Waals surface area contributed by atoms with Gasteiger partial charge in [-0.25, -0.2) is 0 Å². The first-order valence-electron chi connectivity index (χ1n) is 14.1. The highest BCUT2D eigenvalue weighted by Crippen LogP contribution is 2.25. The molecule has 0 aliphatic rings. The molecule has 2 atom stereocenters. The van der Waals surface area contributed by atoms with Crippen molar-refractivity contribution in [1.29, 1.82) is 0 Å². The van der Waals surface area contributed by atoms with Crippen LogP contribution in [0.4, 0.5) is 0 Å². The Kier molecular flexibility index (Phi) is 16.6. The summed E-state index contributed by atoms with van der Waals surface area (Å²) in [5.41, 5.74) is 0.822. The largest absolute Gasteiger partial charge is 0.497 e. The van der Waals surface area contributed by atoms with Gasteiger partial charge >= 0.3 is 0 Å². The van der Waals surface area contributed by atoms with Gasteiger partial charge in [-0.15, -0.1) is 0 Å². The van der Waals surface area contributed by atoms with Gasteiger partial charge in [0.05, 0.1) is 20.3 Å². The minimum Gasteiger partial charge on any atom is -0.497 e. The van der Waals surface area contributed by atoms with Crippen LogP contribution in [0.15, 0.2) is 18.2 Å². The standard InChI is InChI=1S/C30H49N3O6/c1-7-8-9-10-11-12-13-28(35)32-26(18-22(2)3)30(37)31-24(21-34)15-17-29(36)33(4)20-23-14-16-25(38-5)19-27(23)39-6/h14,16,19,21-22,24,26H,7-13,15,17-18,20H2,1-6H3,(H,31,37)(H,32,35). The Balaban J connectivity index is 2.62. The average molecular weight is 548 g/mol. The lowest BCUT2D eigenvalue weighted by molar-refractivity contribution is -0.132. The van der Waals surface area contributed by atoms with Crippen molar-refractivity contribution in [3.8, 4) is 11.5 Å². The molecule has 0 aliphatic carbocycles. The Morgan fingerprint density at radius 3 is 2.28 bits per heavy atom. The van der Waals surface area contributed by atoms with Crippen LogP contribution in [0.3, 0.4) is 0 Å². The fourth-order valence-electron chi connectivity index (χ4n) is 4.29. The third kappa shape index (κ3) is 13.5. The number of unbranched alkanes of at least 4 members (excludes halogenated alkanes) is 5. The quantitative estimate of drug-likeness (QED) is 0.185. The minimum absolute atomic E-state index is 0.0812. The van der Waals surface area contributed by atoms with E-state index < -0.39 is 18.0 Å². The van der Waals surface area contributed by atoms with Crippen LogP contribution < -0.4 is 20.1 Å². The zero-order valence-electron chi connectivity index (χ0n) is 24.7. The molecule has 9 heteroatoms. The molecule has 0 fully saturated rings. The van der Waals surface area contributed by atoms with E-state index in [4.69, 9.17) is 9.47 Å². The average Bonchev–Trinajstić information content (AvgIpc) is 2.91. The van der Waals surface area contributed by atoms with Gasteiger partial charge in [0.1, 0.15) is 23.8 Å². The number of nitrogens with one attached hydrogen (secondary N) is 2. The first-order chi connectivity index (χ1) is 18.6. The molecular weight excluding hydrogens is 498 g/mol. The number of nitrogens with zero attached hydrogens (tertiary/aromatic N) is 1. The molecule has 0 radical (unpaired) electrons. The number of amides is 3. The molecule has 3 amide bonds. The second kappa shape index (κ2) is 19.0. The lowest BCUT2D eigenvalue weighted by Gasteiger charge is -2.23. The number of carbonyl (C=O) groups excluding carboxylic acids is 4. The van der Waals surface area contributed by atoms with Crippen molar-refractivity contribution in [3.63, 3.8) is 0 Å². The lowest BCUT2D eigenvalue weighted by atomic mass is 10.0. The van der Waals surface area contributed by atoms with Gasteiger partial charge in [-0.3, -0.25) is 14.4 Å². The highest BCUT2D eigenvalue weighted by atomic mass is 16.5. The van der Waals surface area contributed by atoms with E-state index in [-0.39, 0.29) is 30.6 Å². The number of hydrogen-bond donors (Lipinski definition) is 2. The van der Waals surface area contributed by atoms with E-state index in [1.54, 1.807) is 38.3 Å². The van der Waals surface area contributed by atoms with E-state index in [1.807, 2.05) is 19.9 Å². The number of aldehydes is 1. The summed E-state index contributed by atoms with van der Waals surface area (Å²) in [6.07, 6.45) is 8.19. The van der Waals surface area contributed by atoms with Crippen molar-refractivity contribution in [2.24, 2.45) is 5.92 Å². The summed E-state index contributed by atoms with van der Waals surface area (Å²) in [7, 11) is 4.81. The van der Waals surface area contributed by atoms with Gasteiger partial charge in [-0.1, -0.05) is 52.9 Å². The van der Waals surface area contributed by atoms with E-state index in [9.17, 15) is 19.2 Å². The van der Waals surface area contributed by atoms with Crippen molar-refractivity contribution in [2.75, 3.05) is 21.3 Å². The van der Waals surface area contributed by atoms with Crippen LogP contribution in [0, 0.1) is 5.92 Å². The summed E-state index contributed by atoms with van der Waals surface area (Å²) in [5.74, 6) is 0.723. The fourth-order valence-corrected chi connectivity index (χ4v) is 4.29. The summed E-state index contributed by atoms with van der Waals surface area (Å²) in [5, 5.41) is 5.56. The third-order valence-electron chi connectivity index (χ3n) is 6.60. The number of rotatable bonds is 20. The molecule has 1 aromatic carbocycles. The molecule has 0 bridgehead atoms. The molecule has 9 nitrogen and oxygen atoms in total. The van der Waals surface area contributed by atoms with E-state index in [1.165, 1.54) is 19.3 Å². The topological polar surface area (TPSA) is 114 Å². The Hall–Kier alpha value is -3.10. The maximum atomic E-state index is 13.0. The highest BCUT2D eigenvalue weighted by molar-refractivity contribution is 5.89. The first kappa shape index (κ1) is 33.9. The summed E-state index contributed by atoms with van der Waals surface area (Å²) < 4.78 is 10.6. The monoisotopic (exact) mass is 547 g/mol. The van der Waals surface area contributed by atoms with E-state index >= 15 is 0 Å². The molecule has 2 unspecified atom stereocenters. The van der Waals surface area contributed by atoms with Gasteiger partial charge in [0.15, 0.2) is 0 Å². The SMILES string of the molecule is CCCCCCCCC(=O)NC(CC(C)C)C(=O)NC(C=O)CCC(=O)N(C)Cc1ccc(OC)cc1OC. The summed E-state index contributed by atoms with van der Waals surface area (Å²) >= 11 is 0. The Bertz CT molecular complexity index is 905. The molecule has 0 aliphatic heterocycles. The van der Waals surface area contributed by atoms with E-state index in [2.05, 4.69) is 17.6 Å². The Labute approximate surface area is 234 Å². The smallest absolute Gasteiger partial charge is 0.243 e. The summed E-state index contributed by atoms with van der Waals surface area (Å²) in [6, 6.07) is 3.85. The lowest BCUT2D eigenvalue weighted by Crippen LogP contribution is -2.50. The maximum Gasteiger partial charge on any atom is 0.243 e. The molecule has 220 valence electrons. The molecule has 1 rings (SSSR count). The van der Waals surface area contributed by atoms with Crippen LogP contribution in [0.5, 0.6) is 11.5 Å². The van der Waals surface area contributed by atoms with Gasteiger partial charge < -0.3 is 29.8 Å². The van der Waals surface area contributed by atoms with E-state index in [0.29, 0.717) is 37.2 Å². The second-order valence-electron chi connectivity index (χ2n) is 10.5. The normalized spacial score (nSPS) is 12.4. The zero-order chi connectivity index (χ0) is 29.2. The number of hydrogen-bond acceptors (Lipinski definition) is 6. The van der Waals surface area contributed by atoms with Crippen LogP contribution in [0.2, 0.25) is 0 Å². The number of ether oxygens (including phenoxy) is 2. The molecule has 39 heavy (non-hydrogen) atoms. The molecular formula is C30H49N3O6. The van der Waals surface area contributed by atoms with Gasteiger partial charge in [0.2, 0.25) is 17.7 Å². The molecule has 0 aromatic heterocycles. The molecule has 2 N–H and O–H groups in total. The van der Waals surface area contributed by atoms with Crippen LogP contribution in [0.1, 0.15) is 90.5 Å². The first-order valence-corrected chi connectivity index (χ1v) is 14.1. The van der Waals surface area contributed by atoms with Crippen LogP contribution in [0.25, 0.3) is 0 Å². The second-order valence-corrected chi connectivity index (χ2v) is 10.5.